The summed E-state index contributed by atoms with van der Waals surface area (Å²) in [4.78, 5) is 15.4. The van der Waals surface area contributed by atoms with Crippen LogP contribution >= 0.6 is 23.1 Å². The van der Waals surface area contributed by atoms with Crippen LogP contribution in [0.15, 0.2) is 39.3 Å². The monoisotopic (exact) mass is 417 g/mol. The van der Waals surface area contributed by atoms with Gasteiger partial charge in [0, 0.05) is 13.1 Å². The average molecular weight is 418 g/mol. The zero-order valence-corrected chi connectivity index (χ0v) is 17.1. The Morgan fingerprint density at radius 1 is 1.25 bits per heavy atom. The van der Waals surface area contributed by atoms with Crippen LogP contribution in [0.2, 0.25) is 0 Å². The topological polar surface area (TPSA) is 77.7 Å². The second kappa shape index (κ2) is 8.24. The van der Waals surface area contributed by atoms with Gasteiger partial charge in [0.25, 0.3) is 11.1 Å². The van der Waals surface area contributed by atoms with Crippen molar-refractivity contribution in [1.82, 2.24) is 15.1 Å². The Bertz CT molecular complexity index is 972. The first-order valence-corrected chi connectivity index (χ1v) is 10.6. The summed E-state index contributed by atoms with van der Waals surface area (Å²) in [5.41, 5.74) is 2.27. The van der Waals surface area contributed by atoms with Crippen molar-refractivity contribution in [3.63, 3.8) is 0 Å². The lowest BCUT2D eigenvalue weighted by molar-refractivity contribution is -0.129. The number of fused-ring (bicyclic) bond motifs is 1. The molecule has 1 aliphatic rings. The minimum absolute atomic E-state index is 0.0429. The molecule has 0 spiro atoms. The number of hydrogen-bond acceptors (Lipinski definition) is 8. The number of amides is 1. The largest absolute Gasteiger partial charge is 0.493 e. The number of rotatable bonds is 6. The van der Waals surface area contributed by atoms with Gasteiger partial charge >= 0.3 is 0 Å². The number of thiophene rings is 1. The molecule has 0 bridgehead atoms. The number of thioether (sulfide) groups is 1. The molecule has 2 aromatic heterocycles. The summed E-state index contributed by atoms with van der Waals surface area (Å²) in [5, 5.41) is 10.4. The molecule has 3 aromatic rings. The van der Waals surface area contributed by atoms with E-state index >= 15 is 0 Å². The van der Waals surface area contributed by atoms with E-state index < -0.39 is 0 Å². The smallest absolute Gasteiger partial charge is 0.277 e. The van der Waals surface area contributed by atoms with E-state index in [1.807, 2.05) is 34.5 Å². The fourth-order valence-corrected chi connectivity index (χ4v) is 4.39. The molecule has 28 heavy (non-hydrogen) atoms. The third-order valence-corrected chi connectivity index (χ3v) is 6.19. The minimum atomic E-state index is 0.0429. The molecule has 0 saturated carbocycles. The van der Waals surface area contributed by atoms with E-state index in [-0.39, 0.29) is 11.7 Å². The quantitative estimate of drug-likeness (QED) is 0.568. The van der Waals surface area contributed by atoms with E-state index in [0.29, 0.717) is 30.0 Å². The summed E-state index contributed by atoms with van der Waals surface area (Å²) >= 11 is 2.80. The van der Waals surface area contributed by atoms with Crippen molar-refractivity contribution < 1.29 is 18.7 Å². The molecule has 1 aromatic carbocycles. The van der Waals surface area contributed by atoms with Crippen LogP contribution in [0.3, 0.4) is 0 Å². The van der Waals surface area contributed by atoms with Crippen LogP contribution in [0, 0.1) is 0 Å². The van der Waals surface area contributed by atoms with Gasteiger partial charge in [-0.1, -0.05) is 17.8 Å². The first kappa shape index (κ1) is 18.8. The third-order valence-electron chi connectivity index (χ3n) is 4.53. The standard InChI is InChI=1S/C19H19N3O4S2/c1-24-14-8-12-5-6-22(10-13(12)9-15(14)25-2)17(23)11-28-19-21-20-18(26-19)16-4-3-7-27-16/h3-4,7-9H,5-6,10-11H2,1-2H3. The van der Waals surface area contributed by atoms with Gasteiger partial charge in [-0.25, -0.2) is 0 Å². The van der Waals surface area contributed by atoms with E-state index in [1.165, 1.54) is 28.7 Å². The number of aromatic nitrogens is 2. The summed E-state index contributed by atoms with van der Waals surface area (Å²) in [6.45, 7) is 1.23. The highest BCUT2D eigenvalue weighted by Crippen LogP contribution is 2.33. The second-order valence-electron chi connectivity index (χ2n) is 6.18. The van der Waals surface area contributed by atoms with Gasteiger partial charge in [-0.15, -0.1) is 21.5 Å². The van der Waals surface area contributed by atoms with Gasteiger partial charge < -0.3 is 18.8 Å². The van der Waals surface area contributed by atoms with E-state index in [1.54, 1.807) is 14.2 Å². The summed E-state index contributed by atoms with van der Waals surface area (Å²) < 4.78 is 16.4. The molecular formula is C19H19N3O4S2. The molecule has 0 atom stereocenters. The Morgan fingerprint density at radius 2 is 2.04 bits per heavy atom. The van der Waals surface area contributed by atoms with Crippen molar-refractivity contribution in [2.24, 2.45) is 0 Å². The first-order valence-electron chi connectivity index (χ1n) is 8.69. The predicted octanol–water partition coefficient (Wildman–Crippen LogP) is 3.49. The highest BCUT2D eigenvalue weighted by molar-refractivity contribution is 7.99. The van der Waals surface area contributed by atoms with Crippen LogP contribution in [-0.4, -0.2) is 47.5 Å². The Kier molecular flexibility index (Phi) is 5.54. The summed E-state index contributed by atoms with van der Waals surface area (Å²) in [5.74, 6) is 2.18. The van der Waals surface area contributed by atoms with Crippen LogP contribution < -0.4 is 9.47 Å². The first-order chi connectivity index (χ1) is 13.7. The minimum Gasteiger partial charge on any atom is -0.493 e. The normalized spacial score (nSPS) is 13.3. The molecule has 146 valence electrons. The van der Waals surface area contributed by atoms with E-state index in [0.717, 1.165) is 22.6 Å². The van der Waals surface area contributed by atoms with Gasteiger partial charge in [-0.3, -0.25) is 4.79 Å². The van der Waals surface area contributed by atoms with Crippen molar-refractivity contribution in [2.45, 2.75) is 18.2 Å². The van der Waals surface area contributed by atoms with Crippen LogP contribution in [-0.2, 0) is 17.8 Å². The Morgan fingerprint density at radius 3 is 2.75 bits per heavy atom. The molecule has 0 aliphatic carbocycles. The lowest BCUT2D eigenvalue weighted by atomic mass is 9.99. The third kappa shape index (κ3) is 3.85. The highest BCUT2D eigenvalue weighted by atomic mass is 32.2. The van der Waals surface area contributed by atoms with Gasteiger partial charge in [0.1, 0.15) is 0 Å². The van der Waals surface area contributed by atoms with E-state index in [4.69, 9.17) is 13.9 Å². The van der Waals surface area contributed by atoms with Gasteiger partial charge in [0.05, 0.1) is 24.8 Å². The molecule has 0 radical (unpaired) electrons. The SMILES string of the molecule is COc1cc2c(cc1OC)CN(C(=O)CSc1nnc(-c3cccs3)o1)CC2. The Labute approximate surface area is 170 Å². The molecule has 1 aliphatic heterocycles. The average Bonchev–Trinajstić information content (AvgIpc) is 3.42. The summed E-state index contributed by atoms with van der Waals surface area (Å²) in [6.07, 6.45) is 0.787. The van der Waals surface area contributed by atoms with Crippen molar-refractivity contribution in [3.8, 4) is 22.3 Å². The van der Waals surface area contributed by atoms with Crippen LogP contribution in [0.1, 0.15) is 11.1 Å². The van der Waals surface area contributed by atoms with Crippen LogP contribution in [0.5, 0.6) is 11.5 Å². The van der Waals surface area contributed by atoms with Gasteiger partial charge in [-0.2, -0.15) is 0 Å². The van der Waals surface area contributed by atoms with E-state index in [2.05, 4.69) is 10.2 Å². The molecule has 3 heterocycles. The summed E-state index contributed by atoms with van der Waals surface area (Å²) in [7, 11) is 3.24. The number of methoxy groups -OCH3 is 2. The highest BCUT2D eigenvalue weighted by Gasteiger charge is 2.23. The second-order valence-corrected chi connectivity index (χ2v) is 8.05. The number of carbonyl (C=O) groups excluding carboxylic acids is 1. The number of ether oxygens (including phenoxy) is 2. The predicted molar refractivity (Wildman–Crippen MR) is 107 cm³/mol. The number of hydrogen-bond donors (Lipinski definition) is 0. The zero-order valence-electron chi connectivity index (χ0n) is 15.5. The summed E-state index contributed by atoms with van der Waals surface area (Å²) in [6, 6.07) is 7.80. The fraction of sp³-hybridized carbons (Fsp3) is 0.316. The zero-order chi connectivity index (χ0) is 19.5. The molecule has 7 nitrogen and oxygen atoms in total. The maximum atomic E-state index is 12.7. The molecular weight excluding hydrogens is 398 g/mol. The van der Waals surface area contributed by atoms with Crippen molar-refractivity contribution in [1.29, 1.82) is 0 Å². The molecule has 0 N–H and O–H groups in total. The van der Waals surface area contributed by atoms with Crippen molar-refractivity contribution in [2.75, 3.05) is 26.5 Å². The number of carbonyl (C=O) groups is 1. The van der Waals surface area contributed by atoms with Crippen LogP contribution in [0.4, 0.5) is 0 Å². The molecule has 0 fully saturated rings. The van der Waals surface area contributed by atoms with Crippen molar-refractivity contribution >= 4 is 29.0 Å². The van der Waals surface area contributed by atoms with E-state index in [9.17, 15) is 4.79 Å². The fourth-order valence-electron chi connectivity index (χ4n) is 3.08. The van der Waals surface area contributed by atoms with Gasteiger partial charge in [-0.05, 0) is 41.1 Å². The molecule has 0 saturated heterocycles. The van der Waals surface area contributed by atoms with Crippen molar-refractivity contribution in [3.05, 3.63) is 40.8 Å². The Hall–Kier alpha value is -2.52. The molecule has 0 unspecified atom stereocenters. The van der Waals surface area contributed by atoms with Gasteiger partial charge in [0.15, 0.2) is 11.5 Å². The maximum Gasteiger partial charge on any atom is 0.277 e. The number of benzene rings is 1. The maximum absolute atomic E-state index is 12.7. The van der Waals surface area contributed by atoms with Gasteiger partial charge in [0.2, 0.25) is 5.91 Å². The lowest BCUT2D eigenvalue weighted by Gasteiger charge is -2.29. The number of nitrogens with zero attached hydrogens (tertiary/aromatic N) is 3. The Balaban J connectivity index is 1.38. The molecule has 1 amide bonds. The van der Waals surface area contributed by atoms with Crippen LogP contribution in [0.25, 0.3) is 10.8 Å². The molecule has 4 rings (SSSR count). The lowest BCUT2D eigenvalue weighted by Crippen LogP contribution is -2.37. The molecule has 9 heteroatoms.